The summed E-state index contributed by atoms with van der Waals surface area (Å²) < 4.78 is 0. The molecule has 0 bridgehead atoms. The van der Waals surface area contributed by atoms with Crippen LogP contribution in [0.1, 0.15) is 0 Å². The van der Waals surface area contributed by atoms with Gasteiger partial charge < -0.3 is 14.9 Å². The van der Waals surface area contributed by atoms with E-state index in [1.165, 1.54) is 0 Å². The fourth-order valence-corrected chi connectivity index (χ4v) is 2.74. The van der Waals surface area contributed by atoms with E-state index in [4.69, 9.17) is 11.6 Å². The van der Waals surface area contributed by atoms with Crippen LogP contribution < -0.4 is 4.90 Å². The highest BCUT2D eigenvalue weighted by Gasteiger charge is 2.18. The molecular weight excluding hydrogens is 276 g/mol. The lowest BCUT2D eigenvalue weighted by atomic mass is 10.2. The van der Waals surface area contributed by atoms with E-state index in [9.17, 15) is 5.11 Å². The Kier molecular flexibility index (Phi) is 5.60. The number of hydrogen-bond donors (Lipinski definition) is 1. The summed E-state index contributed by atoms with van der Waals surface area (Å²) in [5.74, 6) is 0. The van der Waals surface area contributed by atoms with Gasteiger partial charge in [0.15, 0.2) is 0 Å². The van der Waals surface area contributed by atoms with Crippen LogP contribution in [0, 0.1) is 0 Å². The second-order valence-corrected chi connectivity index (χ2v) is 5.87. The van der Waals surface area contributed by atoms with Crippen molar-refractivity contribution in [3.8, 4) is 0 Å². The SMILES string of the molecule is CN1CCN(CC(O)CN(C)c2ccncc2Cl)CC1. The number of likely N-dealkylation sites (N-methyl/N-ethyl adjacent to an activating group) is 2. The fraction of sp³-hybridized carbons (Fsp3) is 0.643. The molecule has 2 heterocycles. The molecule has 1 aromatic rings. The molecule has 0 saturated carbocycles. The lowest BCUT2D eigenvalue weighted by Crippen LogP contribution is -2.48. The molecule has 1 N–H and O–H groups in total. The van der Waals surface area contributed by atoms with Crippen LogP contribution >= 0.6 is 11.6 Å². The predicted octanol–water partition coefficient (Wildman–Crippen LogP) is 0.779. The quantitative estimate of drug-likeness (QED) is 0.870. The van der Waals surface area contributed by atoms with Crippen LogP contribution in [0.25, 0.3) is 0 Å². The Morgan fingerprint density at radius 1 is 1.40 bits per heavy atom. The summed E-state index contributed by atoms with van der Waals surface area (Å²) in [5, 5.41) is 10.8. The largest absolute Gasteiger partial charge is 0.390 e. The monoisotopic (exact) mass is 298 g/mol. The molecule has 1 aromatic heterocycles. The molecule has 2 rings (SSSR count). The molecule has 0 aliphatic carbocycles. The van der Waals surface area contributed by atoms with Crippen molar-refractivity contribution in [1.29, 1.82) is 0 Å². The molecular formula is C14H23ClN4O. The van der Waals surface area contributed by atoms with Gasteiger partial charge in [0.1, 0.15) is 0 Å². The highest BCUT2D eigenvalue weighted by Crippen LogP contribution is 2.22. The maximum atomic E-state index is 10.2. The lowest BCUT2D eigenvalue weighted by molar-refractivity contribution is 0.0843. The topological polar surface area (TPSA) is 42.8 Å². The summed E-state index contributed by atoms with van der Waals surface area (Å²) in [6.07, 6.45) is 2.96. The number of hydrogen-bond acceptors (Lipinski definition) is 5. The van der Waals surface area contributed by atoms with Crippen molar-refractivity contribution < 1.29 is 5.11 Å². The number of anilines is 1. The summed E-state index contributed by atoms with van der Waals surface area (Å²) in [4.78, 5) is 10.6. The molecule has 0 aromatic carbocycles. The minimum Gasteiger partial charge on any atom is -0.390 e. The van der Waals surface area contributed by atoms with Gasteiger partial charge in [0.25, 0.3) is 0 Å². The van der Waals surface area contributed by atoms with Crippen LogP contribution in [0.4, 0.5) is 5.69 Å². The minimum absolute atomic E-state index is 0.382. The highest BCUT2D eigenvalue weighted by molar-refractivity contribution is 6.33. The van der Waals surface area contributed by atoms with Gasteiger partial charge in [0, 0.05) is 58.7 Å². The van der Waals surface area contributed by atoms with Crippen LogP contribution in [-0.2, 0) is 0 Å². The average molecular weight is 299 g/mol. The zero-order chi connectivity index (χ0) is 14.5. The Labute approximate surface area is 125 Å². The third-order valence-electron chi connectivity index (χ3n) is 3.71. The van der Waals surface area contributed by atoms with Crippen molar-refractivity contribution >= 4 is 17.3 Å². The van der Waals surface area contributed by atoms with Gasteiger partial charge in [-0.1, -0.05) is 11.6 Å². The van der Waals surface area contributed by atoms with E-state index in [1.54, 1.807) is 12.4 Å². The summed E-state index contributed by atoms with van der Waals surface area (Å²) in [7, 11) is 4.07. The Balaban J connectivity index is 1.82. The Hall–Kier alpha value is -0.880. The van der Waals surface area contributed by atoms with Gasteiger partial charge in [-0.3, -0.25) is 9.88 Å². The van der Waals surface area contributed by atoms with Crippen molar-refractivity contribution in [2.24, 2.45) is 0 Å². The first-order valence-electron chi connectivity index (χ1n) is 6.96. The van der Waals surface area contributed by atoms with Gasteiger partial charge in [-0.15, -0.1) is 0 Å². The van der Waals surface area contributed by atoms with Gasteiger partial charge in [0.2, 0.25) is 0 Å². The molecule has 0 radical (unpaired) electrons. The smallest absolute Gasteiger partial charge is 0.0841 e. The third kappa shape index (κ3) is 4.31. The summed E-state index contributed by atoms with van der Waals surface area (Å²) in [5.41, 5.74) is 0.902. The van der Waals surface area contributed by atoms with E-state index in [2.05, 4.69) is 21.8 Å². The molecule has 20 heavy (non-hydrogen) atoms. The molecule has 112 valence electrons. The van der Waals surface area contributed by atoms with Gasteiger partial charge in [-0.2, -0.15) is 0 Å². The standard InChI is InChI=1S/C14H23ClN4O/c1-17-5-7-19(8-6-17)11-12(20)10-18(2)14-3-4-16-9-13(14)15/h3-4,9,12,20H,5-8,10-11H2,1-2H3. The lowest BCUT2D eigenvalue weighted by Gasteiger charge is -2.34. The van der Waals surface area contributed by atoms with Crippen molar-refractivity contribution in [2.75, 3.05) is 58.3 Å². The Morgan fingerprint density at radius 3 is 2.75 bits per heavy atom. The van der Waals surface area contributed by atoms with E-state index < -0.39 is 0 Å². The van der Waals surface area contributed by atoms with Gasteiger partial charge in [-0.05, 0) is 13.1 Å². The van der Waals surface area contributed by atoms with Crippen LogP contribution in [0.2, 0.25) is 5.02 Å². The number of rotatable bonds is 5. The molecule has 1 aliphatic rings. The van der Waals surface area contributed by atoms with Crippen molar-refractivity contribution in [2.45, 2.75) is 6.10 Å². The van der Waals surface area contributed by atoms with Gasteiger partial charge in [0.05, 0.1) is 16.8 Å². The molecule has 1 aliphatic heterocycles. The normalized spacial score (nSPS) is 19.0. The predicted molar refractivity (Wildman–Crippen MR) is 82.5 cm³/mol. The molecule has 1 unspecified atom stereocenters. The van der Waals surface area contributed by atoms with E-state index in [0.717, 1.165) is 31.9 Å². The first-order valence-corrected chi connectivity index (χ1v) is 7.33. The molecule has 0 amide bonds. The van der Waals surface area contributed by atoms with Crippen LogP contribution in [0.15, 0.2) is 18.5 Å². The third-order valence-corrected chi connectivity index (χ3v) is 4.00. The highest BCUT2D eigenvalue weighted by atomic mass is 35.5. The van der Waals surface area contributed by atoms with Crippen LogP contribution in [0.3, 0.4) is 0 Å². The van der Waals surface area contributed by atoms with E-state index in [1.807, 2.05) is 18.0 Å². The Morgan fingerprint density at radius 2 is 2.10 bits per heavy atom. The number of halogens is 1. The summed E-state index contributed by atoms with van der Waals surface area (Å²) >= 11 is 6.11. The summed E-state index contributed by atoms with van der Waals surface area (Å²) in [6.45, 7) is 5.45. The van der Waals surface area contributed by atoms with E-state index in [0.29, 0.717) is 18.1 Å². The maximum absolute atomic E-state index is 10.2. The maximum Gasteiger partial charge on any atom is 0.0841 e. The zero-order valence-corrected chi connectivity index (χ0v) is 12.9. The van der Waals surface area contributed by atoms with E-state index >= 15 is 0 Å². The van der Waals surface area contributed by atoms with Crippen LogP contribution in [-0.4, -0.2) is 79.4 Å². The second-order valence-electron chi connectivity index (χ2n) is 5.47. The second kappa shape index (κ2) is 7.22. The van der Waals surface area contributed by atoms with Gasteiger partial charge in [-0.25, -0.2) is 0 Å². The van der Waals surface area contributed by atoms with Crippen LogP contribution in [0.5, 0.6) is 0 Å². The Bertz CT molecular complexity index is 423. The molecule has 1 fully saturated rings. The van der Waals surface area contributed by atoms with Gasteiger partial charge >= 0.3 is 0 Å². The number of β-amino-alcohol motifs (C(OH)–C–C–N with tert-alkyl or cyclic N) is 1. The van der Waals surface area contributed by atoms with Crippen molar-refractivity contribution in [1.82, 2.24) is 14.8 Å². The van der Waals surface area contributed by atoms with Crippen molar-refractivity contribution in [3.05, 3.63) is 23.5 Å². The fourth-order valence-electron chi connectivity index (χ4n) is 2.48. The van der Waals surface area contributed by atoms with E-state index in [-0.39, 0.29) is 6.10 Å². The number of pyridine rings is 1. The number of aliphatic hydroxyl groups excluding tert-OH is 1. The number of aromatic nitrogens is 1. The molecule has 6 heteroatoms. The molecule has 1 atom stereocenters. The number of nitrogens with zero attached hydrogens (tertiary/aromatic N) is 4. The first kappa shape index (κ1) is 15.5. The molecule has 1 saturated heterocycles. The number of aliphatic hydroxyl groups is 1. The first-order chi connectivity index (χ1) is 9.56. The minimum atomic E-state index is -0.382. The number of piperazine rings is 1. The molecule has 5 nitrogen and oxygen atoms in total. The zero-order valence-electron chi connectivity index (χ0n) is 12.2. The van der Waals surface area contributed by atoms with Crippen molar-refractivity contribution in [3.63, 3.8) is 0 Å². The molecule has 0 spiro atoms. The average Bonchev–Trinajstić information content (AvgIpc) is 2.41. The summed E-state index contributed by atoms with van der Waals surface area (Å²) in [6, 6.07) is 1.87.